The molecule has 0 N–H and O–H groups in total. The Morgan fingerprint density at radius 3 is 0.573 bits per heavy atom. The molecule has 0 saturated carbocycles. The van der Waals surface area contributed by atoms with Crippen molar-refractivity contribution in [2.75, 3.05) is 0 Å². The highest BCUT2D eigenvalue weighted by atomic mass is 19.3. The molecule has 0 bridgehead atoms. The lowest BCUT2D eigenvalue weighted by Gasteiger charge is -2.20. The van der Waals surface area contributed by atoms with Crippen LogP contribution in [0.5, 0.6) is 23.0 Å². The van der Waals surface area contributed by atoms with Gasteiger partial charge in [-0.3, -0.25) is 0 Å². The van der Waals surface area contributed by atoms with Gasteiger partial charge in [0.05, 0.1) is 0 Å². The molecule has 0 heterocycles. The van der Waals surface area contributed by atoms with Gasteiger partial charge in [-0.15, -0.1) is 0 Å². The van der Waals surface area contributed by atoms with E-state index in [1.165, 1.54) is 162 Å². The largest absolute Gasteiger partial charge is 0.432 e. The Balaban J connectivity index is 0.000000170. The molecule has 0 atom stereocenters. The van der Waals surface area contributed by atoms with Crippen LogP contribution in [0.15, 0.2) is 315 Å². The first-order chi connectivity index (χ1) is 67.7. The Morgan fingerprint density at radius 2 is 0.378 bits per heavy atom. The van der Waals surface area contributed by atoms with Crippen LogP contribution in [0.2, 0.25) is 0 Å². The summed E-state index contributed by atoms with van der Waals surface area (Å²) in [6.45, 7) is 15.4. The first-order valence-corrected chi connectivity index (χ1v) is 45.8. The van der Waals surface area contributed by atoms with Crippen LogP contribution in [0.3, 0.4) is 0 Å². The van der Waals surface area contributed by atoms with Crippen molar-refractivity contribution in [1.82, 2.24) is 0 Å². The van der Waals surface area contributed by atoms with Crippen LogP contribution in [-0.4, -0.2) is 0 Å². The molecule has 0 saturated heterocycles. The Labute approximate surface area is 817 Å². The van der Waals surface area contributed by atoms with Crippen molar-refractivity contribution >= 4 is 0 Å². The number of halogens is 20. The average Bonchev–Trinajstić information content (AvgIpc) is 0.783. The van der Waals surface area contributed by atoms with Gasteiger partial charge < -0.3 is 18.9 Å². The van der Waals surface area contributed by atoms with E-state index in [9.17, 15) is 83.4 Å². The number of rotatable bonds is 30. The van der Waals surface area contributed by atoms with Crippen molar-refractivity contribution in [3.63, 3.8) is 0 Å². The van der Waals surface area contributed by atoms with Gasteiger partial charge in [-0.05, 0) is 277 Å². The lowest BCUT2D eigenvalue weighted by molar-refractivity contribution is -0.190. The standard InChI is InChI=1S/C31H27F5O.C30H25F5O.C29H23F5O.C28H21F5O.CH4/c1-3-4-5-6-21-9-11-22(12-10-21)23-13-16-26(27(32)17-23)24-18-28(33)30(29(34)19-24)31(35,36)37-25-14-7-20(2)8-15-25;1-3-4-5-20-8-10-21(11-9-20)22-12-15-25(26(31)16-22)23-17-27(32)29(28(33)18-23)30(34,35)36-24-13-6-19(2)7-14-24;1-3-4-19-7-9-20(10-8-19)21-11-14-24(25(30)15-21)22-16-26(31)28(27(32)17-22)29(33,34)35-23-12-5-18(2)6-13-23;1-3-18-6-8-19(9-7-18)20-10-13-23(24(29)14-20)21-15-25(30)27(26(31)16-21)28(32,33)34-22-11-4-17(2)5-12-22;/h7-19H,3-6H2,1-2H3;6-18H,3-5H2,1-2H3;5-17H,3-4H2,1-2H3;4-16H,3H2,1-2H3;1H4. The fourth-order valence-electron chi connectivity index (χ4n) is 15.7. The smallest absolute Gasteiger partial charge is 0.429 e. The van der Waals surface area contributed by atoms with Crippen LogP contribution in [0, 0.1) is 97.5 Å². The Bertz CT molecular complexity index is 6940. The Kier molecular flexibility index (Phi) is 35.4. The number of benzene rings is 16. The number of hydrogen-bond acceptors (Lipinski definition) is 4. The number of ether oxygens (including phenoxy) is 4. The maximum absolute atomic E-state index is 15.0. The van der Waals surface area contributed by atoms with Gasteiger partial charge >= 0.3 is 24.4 Å². The van der Waals surface area contributed by atoms with Crippen LogP contribution in [0.4, 0.5) is 87.8 Å². The fraction of sp³-hybridized carbons (Fsp3) is 0.193. The molecule has 0 aliphatic heterocycles. The van der Waals surface area contributed by atoms with E-state index in [0.29, 0.717) is 70.8 Å². The van der Waals surface area contributed by atoms with E-state index in [4.69, 9.17) is 0 Å². The molecule has 0 amide bonds. The molecule has 24 heteroatoms. The maximum atomic E-state index is 15.0. The summed E-state index contributed by atoms with van der Waals surface area (Å²) in [5.74, 6) is -16.2. The van der Waals surface area contributed by atoms with Crippen LogP contribution in [0.25, 0.3) is 89.0 Å². The van der Waals surface area contributed by atoms with Crippen LogP contribution >= 0.6 is 0 Å². The zero-order valence-electron chi connectivity index (χ0n) is 78.3. The number of unbranched alkanes of at least 4 members (excludes halogenated alkanes) is 3. The fourth-order valence-corrected chi connectivity index (χ4v) is 15.7. The molecule has 4 nitrogen and oxygen atoms in total. The second-order valence-electron chi connectivity index (χ2n) is 34.2. The molecule has 0 spiro atoms. The van der Waals surface area contributed by atoms with Gasteiger partial charge in [0, 0.05) is 22.3 Å². The molecule has 0 fully saturated rings. The quantitative estimate of drug-likeness (QED) is 0.0332. The summed E-state index contributed by atoms with van der Waals surface area (Å²) in [5, 5.41) is 0. The zero-order valence-corrected chi connectivity index (χ0v) is 78.3. The zero-order chi connectivity index (χ0) is 102. The predicted molar refractivity (Wildman–Crippen MR) is 524 cm³/mol. The monoisotopic (exact) mass is 1970 g/mol. The number of hydrogen-bond donors (Lipinski definition) is 0. The maximum Gasteiger partial charge on any atom is 0.432 e. The van der Waals surface area contributed by atoms with Crippen LogP contribution in [0.1, 0.15) is 140 Å². The highest BCUT2D eigenvalue weighted by Crippen LogP contribution is 2.45. The molecule has 0 radical (unpaired) electrons. The summed E-state index contributed by atoms with van der Waals surface area (Å²) in [5.41, 5.74) is 6.08. The molecule has 0 aliphatic rings. The van der Waals surface area contributed by atoms with E-state index in [2.05, 4.69) is 39.7 Å². The first-order valence-electron chi connectivity index (χ1n) is 45.8. The summed E-state index contributed by atoms with van der Waals surface area (Å²) in [6, 6.07) is 75.8. The summed E-state index contributed by atoms with van der Waals surface area (Å²) < 4.78 is 313. The molecule has 0 aromatic heterocycles. The third-order valence-electron chi connectivity index (χ3n) is 23.5. The van der Waals surface area contributed by atoms with E-state index >= 15 is 4.39 Å². The van der Waals surface area contributed by atoms with Gasteiger partial charge in [0.2, 0.25) is 0 Å². The van der Waals surface area contributed by atoms with Gasteiger partial charge in [0.15, 0.2) is 0 Å². The van der Waals surface area contributed by atoms with E-state index in [-0.39, 0.29) is 74.9 Å². The Hall–Kier alpha value is -14.7. The van der Waals surface area contributed by atoms with Gasteiger partial charge in [0.25, 0.3) is 0 Å². The summed E-state index contributed by atoms with van der Waals surface area (Å²) in [7, 11) is 0. The minimum absolute atomic E-state index is 0. The van der Waals surface area contributed by atoms with E-state index < -0.39 is 116 Å². The molecular formula is C119H100F20O4. The van der Waals surface area contributed by atoms with Crippen molar-refractivity contribution in [1.29, 1.82) is 0 Å². The first kappa shape index (κ1) is 107. The lowest BCUT2D eigenvalue weighted by atomic mass is 9.97. The molecule has 16 rings (SSSR count). The lowest BCUT2D eigenvalue weighted by Crippen LogP contribution is -2.25. The van der Waals surface area contributed by atoms with Crippen molar-refractivity contribution in [3.8, 4) is 112 Å². The molecule has 16 aromatic carbocycles. The van der Waals surface area contributed by atoms with Crippen LogP contribution < -0.4 is 18.9 Å². The van der Waals surface area contributed by atoms with Crippen LogP contribution in [-0.2, 0) is 50.1 Å². The third-order valence-corrected chi connectivity index (χ3v) is 23.5. The number of alkyl halides is 8. The second kappa shape index (κ2) is 47.3. The molecular weight excluding hydrogens is 1870 g/mol. The van der Waals surface area contributed by atoms with Crippen molar-refractivity contribution in [2.45, 2.75) is 151 Å². The predicted octanol–water partition coefficient (Wildman–Crippen LogP) is 36.7. The third kappa shape index (κ3) is 27.2. The molecule has 16 aromatic rings. The molecule has 740 valence electrons. The highest BCUT2D eigenvalue weighted by Gasteiger charge is 2.45. The minimum Gasteiger partial charge on any atom is -0.429 e. The summed E-state index contributed by atoms with van der Waals surface area (Å²) in [6.07, 6.45) is -6.73. The van der Waals surface area contributed by atoms with Gasteiger partial charge in [-0.2, -0.15) is 35.1 Å². The van der Waals surface area contributed by atoms with Gasteiger partial charge in [-0.25, -0.2) is 52.7 Å². The normalized spacial score (nSPS) is 11.4. The molecule has 143 heavy (non-hydrogen) atoms. The molecule has 0 aliphatic carbocycles. The highest BCUT2D eigenvalue weighted by molar-refractivity contribution is 5.76. The van der Waals surface area contributed by atoms with E-state index in [1.54, 1.807) is 52.0 Å². The van der Waals surface area contributed by atoms with Crippen molar-refractivity contribution in [2.24, 2.45) is 0 Å². The SMILES string of the molecule is C.CCCCCc1ccc(-c2ccc(-c3cc(F)c(C(F)(F)Oc4ccc(C)cc4)c(F)c3)c(F)c2)cc1.CCCCc1ccc(-c2ccc(-c3cc(F)c(C(F)(F)Oc4ccc(C)cc4)c(F)c3)c(F)c2)cc1.CCCc1ccc(-c2ccc(-c3cc(F)c(C(F)(F)Oc4ccc(C)cc4)c(F)c3)c(F)c2)cc1.CCc1ccc(-c2ccc(-c3cc(F)c(C(F)(F)Oc4ccc(C)cc4)c(F)c3)c(F)c2)cc1. The van der Waals surface area contributed by atoms with E-state index in [0.717, 1.165) is 114 Å². The Morgan fingerprint density at radius 1 is 0.189 bits per heavy atom. The summed E-state index contributed by atoms with van der Waals surface area (Å²) >= 11 is 0. The van der Waals surface area contributed by atoms with Gasteiger partial charge in [0.1, 0.15) is 115 Å². The minimum atomic E-state index is -4.27. The topological polar surface area (TPSA) is 36.9 Å². The van der Waals surface area contributed by atoms with Crippen molar-refractivity contribution < 1.29 is 107 Å². The van der Waals surface area contributed by atoms with Gasteiger partial charge in [-0.1, -0.05) is 277 Å². The van der Waals surface area contributed by atoms with E-state index in [1.807, 2.05) is 104 Å². The van der Waals surface area contributed by atoms with Crippen molar-refractivity contribution in [3.05, 3.63) is 452 Å². The summed E-state index contributed by atoms with van der Waals surface area (Å²) in [4.78, 5) is 0. The average molecular weight is 1970 g/mol. The number of aryl methyl sites for hydroxylation is 8. The second-order valence-corrected chi connectivity index (χ2v) is 34.2. The molecule has 0 unspecified atom stereocenters.